The summed E-state index contributed by atoms with van der Waals surface area (Å²) in [5.74, 6) is 2.29. The number of thiazole rings is 1. The normalized spacial score (nSPS) is 11.5. The lowest BCUT2D eigenvalue weighted by molar-refractivity contribution is -0.384. The summed E-state index contributed by atoms with van der Waals surface area (Å²) >= 11 is 1.42. The van der Waals surface area contributed by atoms with Gasteiger partial charge in [0.15, 0.2) is 4.80 Å². The molecule has 1 amide bonds. The van der Waals surface area contributed by atoms with Crippen molar-refractivity contribution in [3.63, 3.8) is 0 Å². The number of aryl methyl sites for hydroxylation is 2. The Hall–Kier alpha value is -3.24. The Labute approximate surface area is 160 Å². The molecule has 3 rings (SSSR count). The quantitative estimate of drug-likeness (QED) is 0.395. The van der Waals surface area contributed by atoms with Crippen LogP contribution in [0.15, 0.2) is 41.4 Å². The van der Waals surface area contributed by atoms with Gasteiger partial charge in [-0.05, 0) is 42.7 Å². The van der Waals surface area contributed by atoms with Gasteiger partial charge in [-0.15, -0.1) is 6.42 Å². The molecule has 0 spiro atoms. The van der Waals surface area contributed by atoms with Gasteiger partial charge < -0.3 is 4.57 Å². The molecule has 0 atom stereocenters. The molecule has 0 bridgehead atoms. The van der Waals surface area contributed by atoms with Gasteiger partial charge in [0.1, 0.15) is 0 Å². The first-order valence-electron chi connectivity index (χ1n) is 8.24. The molecule has 0 aliphatic carbocycles. The summed E-state index contributed by atoms with van der Waals surface area (Å²) in [6, 6.07) is 10.0. The third-order valence-corrected chi connectivity index (χ3v) is 5.31. The molecule has 2 aromatic carbocycles. The Morgan fingerprint density at radius 1 is 1.26 bits per heavy atom. The van der Waals surface area contributed by atoms with Gasteiger partial charge in [-0.1, -0.05) is 29.4 Å². The summed E-state index contributed by atoms with van der Waals surface area (Å²) in [5, 5.41) is 10.7. The molecule has 136 valence electrons. The van der Waals surface area contributed by atoms with Crippen molar-refractivity contribution in [3.8, 4) is 12.3 Å². The van der Waals surface area contributed by atoms with E-state index >= 15 is 0 Å². The largest absolute Gasteiger partial charge is 0.305 e. The summed E-state index contributed by atoms with van der Waals surface area (Å²) in [6.07, 6.45) is 5.56. The number of amides is 1. The van der Waals surface area contributed by atoms with E-state index in [2.05, 4.69) is 23.0 Å². The van der Waals surface area contributed by atoms with Gasteiger partial charge in [-0.2, -0.15) is 4.99 Å². The van der Waals surface area contributed by atoms with Crippen molar-refractivity contribution in [1.82, 2.24) is 4.57 Å². The number of nitrogens with zero attached hydrogens (tertiary/aromatic N) is 3. The molecular weight excluding hydrogens is 362 g/mol. The Morgan fingerprint density at radius 3 is 2.56 bits per heavy atom. The smallest absolute Gasteiger partial charge is 0.269 e. The molecule has 0 aliphatic heterocycles. The minimum Gasteiger partial charge on any atom is -0.305 e. The lowest BCUT2D eigenvalue weighted by Gasteiger charge is -2.03. The summed E-state index contributed by atoms with van der Waals surface area (Å²) < 4.78 is 2.88. The predicted octanol–water partition coefficient (Wildman–Crippen LogP) is 3.53. The molecule has 0 N–H and O–H groups in total. The molecule has 1 aromatic heterocycles. The van der Waals surface area contributed by atoms with Gasteiger partial charge in [0, 0.05) is 12.1 Å². The average molecular weight is 379 g/mol. The highest BCUT2D eigenvalue weighted by molar-refractivity contribution is 7.16. The molecule has 0 aliphatic rings. The number of rotatable bonds is 4. The first-order chi connectivity index (χ1) is 12.9. The lowest BCUT2D eigenvalue weighted by Crippen LogP contribution is -2.17. The second-order valence-corrected chi connectivity index (χ2v) is 7.19. The number of carbonyl (C=O) groups excluding carboxylic acids is 1. The molecule has 0 unspecified atom stereocenters. The van der Waals surface area contributed by atoms with Crippen LogP contribution in [-0.4, -0.2) is 15.4 Å². The maximum Gasteiger partial charge on any atom is 0.269 e. The fraction of sp³-hybridized carbons (Fsp3) is 0.200. The highest BCUT2D eigenvalue weighted by Crippen LogP contribution is 2.22. The van der Waals surface area contributed by atoms with E-state index in [1.54, 1.807) is 12.1 Å². The second kappa shape index (κ2) is 7.56. The van der Waals surface area contributed by atoms with E-state index in [1.165, 1.54) is 29.0 Å². The highest BCUT2D eigenvalue weighted by Gasteiger charge is 2.10. The van der Waals surface area contributed by atoms with Gasteiger partial charge in [0.2, 0.25) is 0 Å². The van der Waals surface area contributed by atoms with Crippen LogP contribution in [-0.2, 0) is 17.8 Å². The molecular formula is C20H17N3O3S. The van der Waals surface area contributed by atoms with Gasteiger partial charge >= 0.3 is 0 Å². The van der Waals surface area contributed by atoms with Gasteiger partial charge in [-0.3, -0.25) is 14.9 Å². The standard InChI is InChI=1S/C20H17N3O3S/c1-4-9-22-17-10-13(2)14(3)11-18(17)27-20(22)21-19(24)12-15-5-7-16(8-6-15)23(25)26/h1,5-8,10-11H,9,12H2,2-3H3. The molecule has 0 radical (unpaired) electrons. The third kappa shape index (κ3) is 3.96. The molecule has 0 fully saturated rings. The van der Waals surface area contributed by atoms with Crippen molar-refractivity contribution in [1.29, 1.82) is 0 Å². The van der Waals surface area contributed by atoms with Crippen LogP contribution in [0.3, 0.4) is 0 Å². The fourth-order valence-corrected chi connectivity index (χ4v) is 3.83. The van der Waals surface area contributed by atoms with E-state index < -0.39 is 4.92 Å². The minimum atomic E-state index is -0.472. The summed E-state index contributed by atoms with van der Waals surface area (Å²) in [4.78, 5) is 27.4. The van der Waals surface area contributed by atoms with Crippen LogP contribution in [0.5, 0.6) is 0 Å². The lowest BCUT2D eigenvalue weighted by atomic mass is 10.1. The number of nitro groups is 1. The maximum atomic E-state index is 12.4. The number of non-ortho nitro benzene ring substituents is 1. The Balaban J connectivity index is 1.96. The number of aromatic nitrogens is 1. The number of benzene rings is 2. The van der Waals surface area contributed by atoms with Crippen LogP contribution >= 0.6 is 11.3 Å². The zero-order valence-corrected chi connectivity index (χ0v) is 15.7. The number of nitro benzene ring substituents is 1. The molecule has 3 aromatic rings. The molecule has 0 saturated carbocycles. The van der Waals surface area contributed by atoms with Crippen molar-refractivity contribution in [3.05, 3.63) is 68.0 Å². The number of terminal acetylenes is 1. The monoisotopic (exact) mass is 379 g/mol. The van der Waals surface area contributed by atoms with E-state index in [1.807, 2.05) is 18.4 Å². The Bertz CT molecular complexity index is 1150. The average Bonchev–Trinajstić information content (AvgIpc) is 2.92. The molecule has 7 heteroatoms. The SMILES string of the molecule is C#CCn1c(=NC(=O)Cc2ccc([N+](=O)[O-])cc2)sc2cc(C)c(C)cc21. The van der Waals surface area contributed by atoms with Crippen LogP contribution in [0.25, 0.3) is 10.2 Å². The number of hydrogen-bond acceptors (Lipinski definition) is 4. The maximum absolute atomic E-state index is 12.4. The number of carbonyl (C=O) groups is 1. The Kier molecular flexibility index (Phi) is 5.19. The Morgan fingerprint density at radius 2 is 1.93 bits per heavy atom. The topological polar surface area (TPSA) is 77.5 Å². The van der Waals surface area contributed by atoms with Crippen LogP contribution < -0.4 is 4.80 Å². The van der Waals surface area contributed by atoms with Crippen molar-refractivity contribution < 1.29 is 9.72 Å². The highest BCUT2D eigenvalue weighted by atomic mass is 32.1. The third-order valence-electron chi connectivity index (χ3n) is 4.27. The van der Waals surface area contributed by atoms with E-state index in [4.69, 9.17) is 6.42 Å². The van der Waals surface area contributed by atoms with Crippen molar-refractivity contribution in [2.75, 3.05) is 0 Å². The summed E-state index contributed by atoms with van der Waals surface area (Å²) in [6.45, 7) is 4.39. The molecule has 1 heterocycles. The zero-order valence-electron chi connectivity index (χ0n) is 14.9. The second-order valence-electron chi connectivity index (χ2n) is 6.18. The fourth-order valence-electron chi connectivity index (χ4n) is 2.71. The first-order valence-corrected chi connectivity index (χ1v) is 9.05. The van der Waals surface area contributed by atoms with Crippen LogP contribution in [0, 0.1) is 36.3 Å². The van der Waals surface area contributed by atoms with Crippen molar-refractivity contribution in [2.45, 2.75) is 26.8 Å². The molecule has 6 nitrogen and oxygen atoms in total. The van der Waals surface area contributed by atoms with E-state index in [9.17, 15) is 14.9 Å². The van der Waals surface area contributed by atoms with Crippen LogP contribution in [0.1, 0.15) is 16.7 Å². The van der Waals surface area contributed by atoms with E-state index in [0.717, 1.165) is 15.8 Å². The van der Waals surface area contributed by atoms with Gasteiger partial charge in [-0.25, -0.2) is 0 Å². The first kappa shape index (κ1) is 18.5. The van der Waals surface area contributed by atoms with Crippen LogP contribution in [0.2, 0.25) is 0 Å². The van der Waals surface area contributed by atoms with Gasteiger partial charge in [0.25, 0.3) is 11.6 Å². The summed E-state index contributed by atoms with van der Waals surface area (Å²) in [7, 11) is 0. The zero-order chi connectivity index (χ0) is 19.6. The van der Waals surface area contributed by atoms with Gasteiger partial charge in [0.05, 0.1) is 28.1 Å². The summed E-state index contributed by atoms with van der Waals surface area (Å²) in [5.41, 5.74) is 3.94. The van der Waals surface area contributed by atoms with E-state index in [0.29, 0.717) is 16.9 Å². The number of fused-ring (bicyclic) bond motifs is 1. The van der Waals surface area contributed by atoms with Crippen LogP contribution in [0.4, 0.5) is 5.69 Å². The van der Waals surface area contributed by atoms with E-state index in [-0.39, 0.29) is 18.0 Å². The number of hydrogen-bond donors (Lipinski definition) is 0. The van der Waals surface area contributed by atoms with Crippen molar-refractivity contribution >= 4 is 33.1 Å². The molecule has 27 heavy (non-hydrogen) atoms. The molecule has 0 saturated heterocycles. The minimum absolute atomic E-state index is 0.00903. The predicted molar refractivity (Wildman–Crippen MR) is 105 cm³/mol. The van der Waals surface area contributed by atoms with Crippen molar-refractivity contribution in [2.24, 2.45) is 4.99 Å².